The maximum Gasteiger partial charge on any atom is 0.242 e. The van der Waals surface area contributed by atoms with Gasteiger partial charge >= 0.3 is 0 Å². The van der Waals surface area contributed by atoms with Crippen molar-refractivity contribution in [1.29, 1.82) is 0 Å². The van der Waals surface area contributed by atoms with E-state index >= 15 is 0 Å². The van der Waals surface area contributed by atoms with E-state index in [1.165, 1.54) is 18.4 Å². The summed E-state index contributed by atoms with van der Waals surface area (Å²) in [6.45, 7) is 3.51. The van der Waals surface area contributed by atoms with Gasteiger partial charge in [0, 0.05) is 26.1 Å². The van der Waals surface area contributed by atoms with Crippen LogP contribution in [0.5, 0.6) is 0 Å². The maximum atomic E-state index is 12.7. The Morgan fingerprint density at radius 1 is 1.04 bits per heavy atom. The van der Waals surface area contributed by atoms with Gasteiger partial charge in [-0.05, 0) is 43.6 Å². The number of nitrogens with zero attached hydrogens (tertiary/aromatic N) is 2. The molecule has 1 saturated heterocycles. The van der Waals surface area contributed by atoms with E-state index in [0.29, 0.717) is 5.92 Å². The Labute approximate surface area is 151 Å². The van der Waals surface area contributed by atoms with E-state index in [1.807, 2.05) is 9.80 Å². The minimum atomic E-state index is 0.0409. The SMILES string of the molecule is CC(=O)N(CC(=O)N1CCC(Cc2ccccc2)CC1)C1CCCC1. The third kappa shape index (κ3) is 4.83. The van der Waals surface area contributed by atoms with Gasteiger partial charge in [-0.1, -0.05) is 43.2 Å². The van der Waals surface area contributed by atoms with Gasteiger partial charge in [0.2, 0.25) is 11.8 Å². The molecule has 4 nitrogen and oxygen atoms in total. The van der Waals surface area contributed by atoms with Crippen LogP contribution in [-0.2, 0) is 16.0 Å². The Morgan fingerprint density at radius 3 is 2.28 bits per heavy atom. The molecule has 0 aromatic heterocycles. The van der Waals surface area contributed by atoms with Crippen LogP contribution in [0, 0.1) is 5.92 Å². The monoisotopic (exact) mass is 342 g/mol. The molecule has 1 saturated carbocycles. The zero-order chi connectivity index (χ0) is 17.6. The molecule has 1 aliphatic carbocycles. The first-order chi connectivity index (χ1) is 12.1. The van der Waals surface area contributed by atoms with Gasteiger partial charge in [-0.2, -0.15) is 0 Å². The molecule has 1 heterocycles. The molecule has 0 spiro atoms. The van der Waals surface area contributed by atoms with Crippen LogP contribution in [0.4, 0.5) is 0 Å². The first kappa shape index (κ1) is 18.0. The standard InChI is InChI=1S/C21H30N2O2/c1-17(24)23(20-9-5-6-10-20)16-21(25)22-13-11-19(12-14-22)15-18-7-3-2-4-8-18/h2-4,7-8,19-20H,5-6,9-16H2,1H3. The van der Waals surface area contributed by atoms with Crippen LogP contribution in [-0.4, -0.2) is 47.3 Å². The molecule has 1 aliphatic heterocycles. The summed E-state index contributed by atoms with van der Waals surface area (Å²) in [6, 6.07) is 10.9. The van der Waals surface area contributed by atoms with Crippen LogP contribution in [0.25, 0.3) is 0 Å². The normalized spacial score (nSPS) is 19.2. The van der Waals surface area contributed by atoms with Gasteiger partial charge in [-0.3, -0.25) is 9.59 Å². The Hall–Kier alpha value is -1.84. The second kappa shape index (κ2) is 8.50. The fourth-order valence-corrected chi connectivity index (χ4v) is 4.29. The van der Waals surface area contributed by atoms with Crippen molar-refractivity contribution in [3.8, 4) is 0 Å². The lowest BCUT2D eigenvalue weighted by atomic mass is 9.90. The molecule has 2 fully saturated rings. The zero-order valence-corrected chi connectivity index (χ0v) is 15.3. The highest BCUT2D eigenvalue weighted by Gasteiger charge is 2.29. The Morgan fingerprint density at radius 2 is 1.68 bits per heavy atom. The predicted molar refractivity (Wildman–Crippen MR) is 99.1 cm³/mol. The maximum absolute atomic E-state index is 12.7. The van der Waals surface area contributed by atoms with E-state index in [4.69, 9.17) is 0 Å². The predicted octanol–water partition coefficient (Wildman–Crippen LogP) is 3.26. The molecule has 25 heavy (non-hydrogen) atoms. The van der Waals surface area contributed by atoms with Crippen molar-refractivity contribution in [1.82, 2.24) is 9.80 Å². The van der Waals surface area contributed by atoms with Gasteiger partial charge in [-0.25, -0.2) is 0 Å². The number of carbonyl (C=O) groups is 2. The van der Waals surface area contributed by atoms with Gasteiger partial charge in [0.05, 0.1) is 6.54 Å². The summed E-state index contributed by atoms with van der Waals surface area (Å²) in [6.07, 6.45) is 7.66. The van der Waals surface area contributed by atoms with E-state index in [9.17, 15) is 9.59 Å². The van der Waals surface area contributed by atoms with Gasteiger partial charge in [-0.15, -0.1) is 0 Å². The second-order valence-corrected chi connectivity index (χ2v) is 7.60. The summed E-state index contributed by atoms with van der Waals surface area (Å²) in [7, 11) is 0. The molecule has 0 atom stereocenters. The van der Waals surface area contributed by atoms with Crippen molar-refractivity contribution in [2.75, 3.05) is 19.6 Å². The van der Waals surface area contributed by atoms with E-state index in [2.05, 4.69) is 30.3 Å². The topological polar surface area (TPSA) is 40.6 Å². The van der Waals surface area contributed by atoms with E-state index in [1.54, 1.807) is 6.92 Å². The Bertz CT molecular complexity index is 573. The second-order valence-electron chi connectivity index (χ2n) is 7.60. The highest BCUT2D eigenvalue weighted by Crippen LogP contribution is 2.25. The van der Waals surface area contributed by atoms with Crippen LogP contribution in [0.3, 0.4) is 0 Å². The van der Waals surface area contributed by atoms with Crippen molar-refractivity contribution in [3.05, 3.63) is 35.9 Å². The average Bonchev–Trinajstić information content (AvgIpc) is 3.15. The fraction of sp³-hybridized carbons (Fsp3) is 0.619. The highest BCUT2D eigenvalue weighted by atomic mass is 16.2. The summed E-state index contributed by atoms with van der Waals surface area (Å²) in [5.41, 5.74) is 1.39. The number of hydrogen-bond acceptors (Lipinski definition) is 2. The zero-order valence-electron chi connectivity index (χ0n) is 15.3. The minimum Gasteiger partial charge on any atom is -0.341 e. The first-order valence-electron chi connectivity index (χ1n) is 9.72. The Balaban J connectivity index is 1.48. The van der Waals surface area contributed by atoms with E-state index < -0.39 is 0 Å². The number of benzene rings is 1. The van der Waals surface area contributed by atoms with Crippen molar-refractivity contribution in [2.24, 2.45) is 5.92 Å². The molecule has 3 rings (SSSR count). The summed E-state index contributed by atoms with van der Waals surface area (Å²) < 4.78 is 0. The quantitative estimate of drug-likeness (QED) is 0.824. The number of piperidine rings is 1. The molecule has 1 aromatic rings. The molecule has 136 valence electrons. The van der Waals surface area contributed by atoms with Gasteiger partial charge in [0.15, 0.2) is 0 Å². The van der Waals surface area contributed by atoms with Gasteiger partial charge in [0.1, 0.15) is 0 Å². The molecule has 0 N–H and O–H groups in total. The molecule has 2 amide bonds. The Kier molecular flexibility index (Phi) is 6.11. The van der Waals surface area contributed by atoms with Crippen molar-refractivity contribution < 1.29 is 9.59 Å². The largest absolute Gasteiger partial charge is 0.341 e. The molecule has 1 aromatic carbocycles. The third-order valence-electron chi connectivity index (χ3n) is 5.81. The summed E-state index contributed by atoms with van der Waals surface area (Å²) in [4.78, 5) is 28.4. The molecule has 4 heteroatoms. The first-order valence-corrected chi connectivity index (χ1v) is 9.72. The lowest BCUT2D eigenvalue weighted by Gasteiger charge is -2.35. The third-order valence-corrected chi connectivity index (χ3v) is 5.81. The summed E-state index contributed by atoms with van der Waals surface area (Å²) in [5, 5.41) is 0. The highest BCUT2D eigenvalue weighted by molar-refractivity contribution is 5.84. The van der Waals surface area contributed by atoms with Crippen molar-refractivity contribution in [3.63, 3.8) is 0 Å². The molecule has 0 unspecified atom stereocenters. The van der Waals surface area contributed by atoms with Gasteiger partial charge < -0.3 is 9.80 Å². The molecule has 0 radical (unpaired) electrons. The van der Waals surface area contributed by atoms with Gasteiger partial charge in [0.25, 0.3) is 0 Å². The molecular weight excluding hydrogens is 312 g/mol. The van der Waals surface area contributed by atoms with Crippen molar-refractivity contribution >= 4 is 11.8 Å². The molecule has 2 aliphatic rings. The lowest BCUT2D eigenvalue weighted by molar-refractivity contribution is -0.142. The average molecular weight is 342 g/mol. The summed E-state index contributed by atoms with van der Waals surface area (Å²) >= 11 is 0. The van der Waals surface area contributed by atoms with Crippen LogP contribution in [0.15, 0.2) is 30.3 Å². The lowest BCUT2D eigenvalue weighted by Crippen LogP contribution is -2.48. The molecular formula is C21H30N2O2. The van der Waals surface area contributed by atoms with E-state index in [-0.39, 0.29) is 24.4 Å². The van der Waals surface area contributed by atoms with E-state index in [0.717, 1.165) is 45.2 Å². The number of hydrogen-bond donors (Lipinski definition) is 0. The number of rotatable bonds is 5. The van der Waals surface area contributed by atoms with Crippen LogP contribution < -0.4 is 0 Å². The van der Waals surface area contributed by atoms with Crippen molar-refractivity contribution in [2.45, 2.75) is 57.9 Å². The summed E-state index contributed by atoms with van der Waals surface area (Å²) in [5.74, 6) is 0.824. The van der Waals surface area contributed by atoms with Crippen LogP contribution in [0.2, 0.25) is 0 Å². The fourth-order valence-electron chi connectivity index (χ4n) is 4.29. The smallest absolute Gasteiger partial charge is 0.242 e. The van der Waals surface area contributed by atoms with Crippen LogP contribution >= 0.6 is 0 Å². The number of amides is 2. The minimum absolute atomic E-state index is 0.0409. The van der Waals surface area contributed by atoms with Crippen LogP contribution in [0.1, 0.15) is 51.0 Å². The molecule has 0 bridgehead atoms. The number of carbonyl (C=O) groups excluding carboxylic acids is 2. The number of likely N-dealkylation sites (tertiary alicyclic amines) is 1.